The number of rotatable bonds is 40. The van der Waals surface area contributed by atoms with E-state index in [1.54, 1.807) is 0 Å². The Hall–Kier alpha value is -1.59. The van der Waals surface area contributed by atoms with Crippen molar-refractivity contribution in [2.75, 3.05) is 13.2 Å². The Balaban J connectivity index is 4.29. The number of carbonyl (C=O) groups is 3. The molecule has 6 heteroatoms. The van der Waals surface area contributed by atoms with Gasteiger partial charge in [-0.1, -0.05) is 207 Å². The maximum absolute atomic E-state index is 12.7. The maximum atomic E-state index is 12.7. The predicted molar refractivity (Wildman–Crippen MR) is 215 cm³/mol. The quantitative estimate of drug-likeness (QED) is 0.0356. The Labute approximate surface area is 317 Å². The van der Waals surface area contributed by atoms with Crippen molar-refractivity contribution in [3.8, 4) is 0 Å². The van der Waals surface area contributed by atoms with Gasteiger partial charge in [-0.05, 0) is 25.2 Å². The van der Waals surface area contributed by atoms with Gasteiger partial charge in [0, 0.05) is 19.3 Å². The summed E-state index contributed by atoms with van der Waals surface area (Å²) >= 11 is 0. The first-order valence-corrected chi connectivity index (χ1v) is 22.4. The largest absolute Gasteiger partial charge is 0.462 e. The van der Waals surface area contributed by atoms with Gasteiger partial charge in [-0.15, -0.1) is 0 Å². The molecule has 0 aromatic heterocycles. The van der Waals surface area contributed by atoms with Crippen molar-refractivity contribution >= 4 is 17.9 Å². The highest BCUT2D eigenvalue weighted by Gasteiger charge is 2.19. The van der Waals surface area contributed by atoms with Crippen LogP contribution in [0.1, 0.15) is 246 Å². The zero-order valence-electron chi connectivity index (χ0n) is 34.6. The van der Waals surface area contributed by atoms with E-state index in [1.165, 1.54) is 141 Å². The van der Waals surface area contributed by atoms with Crippen molar-refractivity contribution in [3.63, 3.8) is 0 Å². The molecule has 0 rings (SSSR count). The van der Waals surface area contributed by atoms with Crippen LogP contribution in [0.4, 0.5) is 0 Å². The average molecular weight is 723 g/mol. The summed E-state index contributed by atoms with van der Waals surface area (Å²) in [5.74, 6) is -0.0144. The van der Waals surface area contributed by atoms with Gasteiger partial charge in [0.15, 0.2) is 6.10 Å². The van der Waals surface area contributed by atoms with Gasteiger partial charge in [-0.2, -0.15) is 0 Å². The molecular formula is C45H86O6. The maximum Gasteiger partial charge on any atom is 0.306 e. The number of unbranched alkanes of at least 4 members (excludes halogenated alkanes) is 26. The summed E-state index contributed by atoms with van der Waals surface area (Å²) < 4.78 is 16.7. The van der Waals surface area contributed by atoms with Crippen molar-refractivity contribution in [1.82, 2.24) is 0 Å². The second kappa shape index (κ2) is 39.6. The Morgan fingerprint density at radius 1 is 0.392 bits per heavy atom. The molecule has 0 saturated heterocycles. The van der Waals surface area contributed by atoms with Gasteiger partial charge >= 0.3 is 17.9 Å². The first-order valence-electron chi connectivity index (χ1n) is 22.4. The van der Waals surface area contributed by atoms with E-state index < -0.39 is 6.10 Å². The second-order valence-electron chi connectivity index (χ2n) is 15.6. The lowest BCUT2D eigenvalue weighted by molar-refractivity contribution is -0.167. The van der Waals surface area contributed by atoms with Crippen LogP contribution in [0, 0.1) is 5.92 Å². The van der Waals surface area contributed by atoms with Crippen LogP contribution in [-0.4, -0.2) is 37.2 Å². The van der Waals surface area contributed by atoms with Crippen molar-refractivity contribution in [2.45, 2.75) is 252 Å². The van der Waals surface area contributed by atoms with E-state index >= 15 is 0 Å². The molecule has 0 radical (unpaired) electrons. The Bertz CT molecular complexity index is 768. The molecule has 0 fully saturated rings. The zero-order chi connectivity index (χ0) is 37.5. The van der Waals surface area contributed by atoms with Gasteiger partial charge in [-0.25, -0.2) is 0 Å². The molecular weight excluding hydrogens is 636 g/mol. The average Bonchev–Trinajstić information content (AvgIpc) is 3.13. The molecule has 0 N–H and O–H groups in total. The lowest BCUT2D eigenvalue weighted by Crippen LogP contribution is -2.30. The third-order valence-corrected chi connectivity index (χ3v) is 10.4. The van der Waals surface area contributed by atoms with Crippen LogP contribution >= 0.6 is 0 Å². The fourth-order valence-electron chi connectivity index (χ4n) is 6.59. The normalized spacial score (nSPS) is 12.5. The molecule has 0 saturated carbocycles. The SMILES string of the molecule is CCCCCCCCCCCCCCCCC(=O)O[C@@H](COC(=O)CCCCCCCCC)COC(=O)CCCCCCCCCCC(C)CC. The molecule has 0 bridgehead atoms. The third-order valence-electron chi connectivity index (χ3n) is 10.4. The van der Waals surface area contributed by atoms with E-state index in [0.29, 0.717) is 19.3 Å². The van der Waals surface area contributed by atoms with Gasteiger partial charge in [0.1, 0.15) is 13.2 Å². The molecule has 0 aliphatic rings. The van der Waals surface area contributed by atoms with E-state index in [-0.39, 0.29) is 31.1 Å². The predicted octanol–water partition coefficient (Wildman–Crippen LogP) is 13.9. The number of carbonyl (C=O) groups excluding carboxylic acids is 3. The molecule has 302 valence electrons. The summed E-state index contributed by atoms with van der Waals surface area (Å²) in [5.41, 5.74) is 0. The minimum Gasteiger partial charge on any atom is -0.462 e. The molecule has 51 heavy (non-hydrogen) atoms. The molecule has 6 nitrogen and oxygen atoms in total. The van der Waals surface area contributed by atoms with Gasteiger partial charge in [0.25, 0.3) is 0 Å². The molecule has 0 aromatic carbocycles. The molecule has 0 aromatic rings. The first-order chi connectivity index (χ1) is 24.9. The second-order valence-corrected chi connectivity index (χ2v) is 15.6. The van der Waals surface area contributed by atoms with Crippen molar-refractivity contribution < 1.29 is 28.6 Å². The molecule has 2 atom stereocenters. The Morgan fingerprint density at radius 3 is 1.02 bits per heavy atom. The minimum atomic E-state index is -0.758. The van der Waals surface area contributed by atoms with E-state index in [9.17, 15) is 14.4 Å². The molecule has 0 amide bonds. The number of esters is 3. The lowest BCUT2D eigenvalue weighted by atomic mass is 9.99. The third kappa shape index (κ3) is 38.0. The number of hydrogen-bond donors (Lipinski definition) is 0. The van der Waals surface area contributed by atoms with Crippen LogP contribution in [0.2, 0.25) is 0 Å². The molecule has 0 heterocycles. The van der Waals surface area contributed by atoms with Crippen LogP contribution in [-0.2, 0) is 28.6 Å². The molecule has 1 unspecified atom stereocenters. The van der Waals surface area contributed by atoms with Gasteiger partial charge in [0.2, 0.25) is 0 Å². The molecule has 0 spiro atoms. The summed E-state index contributed by atoms with van der Waals surface area (Å²) in [6.45, 7) is 8.96. The van der Waals surface area contributed by atoms with Gasteiger partial charge in [-0.3, -0.25) is 14.4 Å². The van der Waals surface area contributed by atoms with Gasteiger partial charge in [0.05, 0.1) is 0 Å². The summed E-state index contributed by atoms with van der Waals surface area (Å²) in [4.78, 5) is 37.5. The zero-order valence-corrected chi connectivity index (χ0v) is 34.6. The van der Waals surface area contributed by atoms with Crippen LogP contribution in [0.25, 0.3) is 0 Å². The highest BCUT2D eigenvalue weighted by atomic mass is 16.6. The van der Waals surface area contributed by atoms with Gasteiger partial charge < -0.3 is 14.2 Å². The van der Waals surface area contributed by atoms with E-state index in [4.69, 9.17) is 14.2 Å². The van der Waals surface area contributed by atoms with Crippen molar-refractivity contribution in [1.29, 1.82) is 0 Å². The summed E-state index contributed by atoms with van der Waals surface area (Å²) in [5, 5.41) is 0. The Kier molecular flexibility index (Phi) is 38.4. The van der Waals surface area contributed by atoms with Crippen LogP contribution < -0.4 is 0 Å². The molecule has 0 aliphatic carbocycles. The fraction of sp³-hybridized carbons (Fsp3) is 0.933. The fourth-order valence-corrected chi connectivity index (χ4v) is 6.59. The molecule has 0 aliphatic heterocycles. The summed E-state index contributed by atoms with van der Waals surface area (Å²) in [6.07, 6.45) is 38.0. The van der Waals surface area contributed by atoms with Crippen LogP contribution in [0.3, 0.4) is 0 Å². The van der Waals surface area contributed by atoms with Crippen molar-refractivity contribution in [2.24, 2.45) is 5.92 Å². The summed E-state index contributed by atoms with van der Waals surface area (Å²) in [7, 11) is 0. The summed E-state index contributed by atoms with van der Waals surface area (Å²) in [6, 6.07) is 0. The highest BCUT2D eigenvalue weighted by Crippen LogP contribution is 2.17. The minimum absolute atomic E-state index is 0.0648. The van der Waals surface area contributed by atoms with Crippen molar-refractivity contribution in [3.05, 3.63) is 0 Å². The monoisotopic (exact) mass is 723 g/mol. The standard InChI is InChI=1S/C45H86O6/c1-5-8-10-12-14-15-16-17-18-19-20-26-30-34-38-45(48)51-42(39-49-43(46)36-32-28-23-13-11-9-6-2)40-50-44(47)37-33-29-25-22-21-24-27-31-35-41(4)7-3/h41-42H,5-40H2,1-4H3/t41?,42-/m0/s1. The Morgan fingerprint density at radius 2 is 0.686 bits per heavy atom. The van der Waals surface area contributed by atoms with Crippen LogP contribution in [0.5, 0.6) is 0 Å². The first kappa shape index (κ1) is 49.4. The topological polar surface area (TPSA) is 78.9 Å². The highest BCUT2D eigenvalue weighted by molar-refractivity contribution is 5.71. The van der Waals surface area contributed by atoms with Crippen LogP contribution in [0.15, 0.2) is 0 Å². The van der Waals surface area contributed by atoms with E-state index in [1.807, 2.05) is 0 Å². The van der Waals surface area contributed by atoms with E-state index in [2.05, 4.69) is 27.7 Å². The smallest absolute Gasteiger partial charge is 0.306 e. The number of ether oxygens (including phenoxy) is 3. The number of hydrogen-bond acceptors (Lipinski definition) is 6. The lowest BCUT2D eigenvalue weighted by Gasteiger charge is -2.18. The van der Waals surface area contributed by atoms with E-state index in [0.717, 1.165) is 63.7 Å².